The summed E-state index contributed by atoms with van der Waals surface area (Å²) in [6, 6.07) is 13.7. The van der Waals surface area contributed by atoms with Crippen molar-refractivity contribution < 1.29 is 18.0 Å². The van der Waals surface area contributed by atoms with Gasteiger partial charge in [0, 0.05) is 55.9 Å². The van der Waals surface area contributed by atoms with E-state index < -0.39 is 12.3 Å². The molecule has 2 aliphatic rings. The number of hydrogen-bond acceptors (Lipinski definition) is 6. The minimum atomic E-state index is -2.83. The van der Waals surface area contributed by atoms with Crippen molar-refractivity contribution in [3.8, 4) is 11.5 Å². The number of nitrogens with zero attached hydrogens (tertiary/aromatic N) is 7. The highest BCUT2D eigenvalue weighted by Crippen LogP contribution is 2.26. The van der Waals surface area contributed by atoms with Crippen LogP contribution in [0.2, 0.25) is 0 Å². The Morgan fingerprint density at radius 1 is 1.03 bits per heavy atom. The van der Waals surface area contributed by atoms with E-state index in [-0.39, 0.29) is 11.9 Å². The van der Waals surface area contributed by atoms with Gasteiger partial charge in [0.15, 0.2) is 0 Å². The monoisotopic (exact) mass is 535 g/mol. The zero-order valence-corrected chi connectivity index (χ0v) is 21.6. The number of alkyl halides is 2. The van der Waals surface area contributed by atoms with E-state index in [2.05, 4.69) is 15.1 Å². The van der Waals surface area contributed by atoms with Crippen LogP contribution in [0.15, 0.2) is 59.3 Å². The summed E-state index contributed by atoms with van der Waals surface area (Å²) >= 11 is 0. The maximum atomic E-state index is 13.8. The molecule has 204 valence electrons. The van der Waals surface area contributed by atoms with Crippen LogP contribution in [0.4, 0.5) is 19.3 Å². The fraction of sp³-hybridized carbons (Fsp3) is 0.429. The lowest BCUT2D eigenvalue weighted by molar-refractivity contribution is 0.0924. The molecule has 3 aromatic heterocycles. The van der Waals surface area contributed by atoms with Crippen LogP contribution in [-0.2, 0) is 6.54 Å². The topological polar surface area (TPSA) is 83.0 Å². The van der Waals surface area contributed by atoms with Crippen LogP contribution in [0.25, 0.3) is 17.1 Å². The van der Waals surface area contributed by atoms with Crippen LogP contribution in [0.5, 0.6) is 0 Å². The van der Waals surface area contributed by atoms with Crippen molar-refractivity contribution in [3.63, 3.8) is 0 Å². The van der Waals surface area contributed by atoms with Crippen LogP contribution < -0.4 is 4.90 Å². The molecule has 0 bridgehead atoms. The Hall–Kier alpha value is -3.86. The SMILES string of the molecule is O=C(N1CCN(C2CCCCC2)CC1)N(Cc1cn2ccc(-c3nnc(C(F)F)o3)cc2n1)c1ccccc1. The first-order chi connectivity index (χ1) is 19.0. The third-order valence-corrected chi connectivity index (χ3v) is 7.68. The molecule has 0 spiro atoms. The Balaban J connectivity index is 1.20. The van der Waals surface area contributed by atoms with Crippen molar-refractivity contribution in [3.05, 3.63) is 66.4 Å². The Morgan fingerprint density at radius 3 is 2.51 bits per heavy atom. The maximum absolute atomic E-state index is 13.8. The molecule has 1 saturated heterocycles. The summed E-state index contributed by atoms with van der Waals surface area (Å²) in [6.07, 6.45) is 7.26. The lowest BCUT2D eigenvalue weighted by Gasteiger charge is -2.42. The number of fused-ring (bicyclic) bond motifs is 1. The molecule has 11 heteroatoms. The number of pyridine rings is 1. The summed E-state index contributed by atoms with van der Waals surface area (Å²) in [5.74, 6) is -0.712. The lowest BCUT2D eigenvalue weighted by atomic mass is 9.94. The molecule has 6 rings (SSSR count). The second-order valence-corrected chi connectivity index (χ2v) is 10.2. The first-order valence-corrected chi connectivity index (χ1v) is 13.5. The number of carbonyl (C=O) groups excluding carboxylic acids is 1. The maximum Gasteiger partial charge on any atom is 0.324 e. The Morgan fingerprint density at radius 2 is 1.79 bits per heavy atom. The summed E-state index contributed by atoms with van der Waals surface area (Å²) in [5.41, 5.74) is 2.58. The van der Waals surface area contributed by atoms with Crippen molar-refractivity contribution in [1.82, 2.24) is 29.4 Å². The molecule has 0 unspecified atom stereocenters. The second kappa shape index (κ2) is 11.1. The molecule has 9 nitrogen and oxygen atoms in total. The fourth-order valence-corrected chi connectivity index (χ4v) is 5.62. The number of anilines is 1. The average molecular weight is 536 g/mol. The van der Waals surface area contributed by atoms with E-state index in [0.29, 0.717) is 42.6 Å². The molecule has 1 aliphatic heterocycles. The summed E-state index contributed by atoms with van der Waals surface area (Å²) in [6.45, 7) is 3.51. The van der Waals surface area contributed by atoms with E-state index in [1.165, 1.54) is 32.1 Å². The first kappa shape index (κ1) is 25.4. The molecular weight excluding hydrogens is 504 g/mol. The first-order valence-electron chi connectivity index (χ1n) is 13.5. The zero-order chi connectivity index (χ0) is 26.8. The number of benzene rings is 1. The van der Waals surface area contributed by atoms with Crippen molar-refractivity contribution in [2.75, 3.05) is 31.1 Å². The third kappa shape index (κ3) is 5.49. The minimum Gasteiger partial charge on any atom is -0.415 e. The highest BCUT2D eigenvalue weighted by molar-refractivity contribution is 5.92. The summed E-state index contributed by atoms with van der Waals surface area (Å²) in [7, 11) is 0. The Kier molecular flexibility index (Phi) is 7.23. The van der Waals surface area contributed by atoms with Gasteiger partial charge < -0.3 is 13.7 Å². The van der Waals surface area contributed by atoms with Crippen LogP contribution in [0.1, 0.15) is 50.1 Å². The Labute approximate surface area is 225 Å². The third-order valence-electron chi connectivity index (χ3n) is 7.68. The van der Waals surface area contributed by atoms with E-state index in [1.807, 2.05) is 45.8 Å². The number of hydrogen-bond donors (Lipinski definition) is 0. The fourth-order valence-electron chi connectivity index (χ4n) is 5.62. The number of rotatable bonds is 6. The predicted octanol–water partition coefficient (Wildman–Crippen LogP) is 5.40. The number of imidazole rings is 1. The Bertz CT molecular complexity index is 1410. The van der Waals surface area contributed by atoms with Crippen LogP contribution in [0.3, 0.4) is 0 Å². The molecule has 0 N–H and O–H groups in total. The van der Waals surface area contributed by atoms with E-state index in [1.54, 1.807) is 23.2 Å². The van der Waals surface area contributed by atoms with Crippen LogP contribution >= 0.6 is 0 Å². The molecule has 1 saturated carbocycles. The van der Waals surface area contributed by atoms with Gasteiger partial charge in [0.2, 0.25) is 5.89 Å². The van der Waals surface area contributed by atoms with Gasteiger partial charge in [0.1, 0.15) is 5.65 Å². The predicted molar refractivity (Wildman–Crippen MR) is 141 cm³/mol. The quantitative estimate of drug-likeness (QED) is 0.329. The standard InChI is InChI=1S/C28H31F2N7O2/c29-25(30)27-33-32-26(39-27)20-11-12-36-18-21(31-24(36)17-20)19-37(23-9-5-2-6-10-23)28(38)35-15-13-34(14-16-35)22-7-3-1-4-8-22/h2,5-6,9-12,17-18,22,25H,1,3-4,7-8,13-16,19H2. The van der Waals surface area contributed by atoms with Gasteiger partial charge in [0.05, 0.1) is 12.2 Å². The van der Waals surface area contributed by atoms with E-state index >= 15 is 0 Å². The summed E-state index contributed by atoms with van der Waals surface area (Å²) in [4.78, 5) is 24.8. The molecule has 1 aromatic carbocycles. The molecule has 39 heavy (non-hydrogen) atoms. The van der Waals surface area contributed by atoms with Crippen molar-refractivity contribution in [2.24, 2.45) is 0 Å². The van der Waals surface area contributed by atoms with Crippen molar-refractivity contribution in [1.29, 1.82) is 0 Å². The van der Waals surface area contributed by atoms with Crippen LogP contribution in [-0.4, -0.2) is 67.6 Å². The number of amides is 2. The summed E-state index contributed by atoms with van der Waals surface area (Å²) in [5, 5.41) is 7.12. The molecular formula is C28H31F2N7O2. The van der Waals surface area contributed by atoms with Gasteiger partial charge in [-0.15, -0.1) is 10.2 Å². The largest absolute Gasteiger partial charge is 0.415 e. The average Bonchev–Trinajstić information content (AvgIpc) is 3.64. The second-order valence-electron chi connectivity index (χ2n) is 10.2. The lowest BCUT2D eigenvalue weighted by Crippen LogP contribution is -2.55. The van der Waals surface area contributed by atoms with E-state index in [9.17, 15) is 13.6 Å². The smallest absolute Gasteiger partial charge is 0.324 e. The zero-order valence-electron chi connectivity index (χ0n) is 21.6. The van der Waals surface area contributed by atoms with Gasteiger partial charge in [-0.25, -0.2) is 9.78 Å². The van der Waals surface area contributed by atoms with Crippen molar-refractivity contribution in [2.45, 2.75) is 51.1 Å². The van der Waals surface area contributed by atoms with Crippen LogP contribution in [0, 0.1) is 0 Å². The number of urea groups is 1. The van der Waals surface area contributed by atoms with Gasteiger partial charge in [-0.05, 0) is 37.1 Å². The molecule has 2 amide bonds. The van der Waals surface area contributed by atoms with Crippen molar-refractivity contribution >= 4 is 17.4 Å². The number of halogens is 2. The number of piperazine rings is 1. The van der Waals surface area contributed by atoms with Gasteiger partial charge in [-0.2, -0.15) is 8.78 Å². The highest BCUT2D eigenvalue weighted by atomic mass is 19.3. The number of carbonyl (C=O) groups is 1. The molecule has 0 atom stereocenters. The number of para-hydroxylation sites is 1. The molecule has 4 aromatic rings. The van der Waals surface area contributed by atoms with Gasteiger partial charge in [-0.1, -0.05) is 37.5 Å². The molecule has 0 radical (unpaired) electrons. The molecule has 4 heterocycles. The highest BCUT2D eigenvalue weighted by Gasteiger charge is 2.30. The molecule has 2 fully saturated rings. The number of aromatic nitrogens is 4. The summed E-state index contributed by atoms with van der Waals surface area (Å²) < 4.78 is 32.6. The van der Waals surface area contributed by atoms with Gasteiger partial charge >= 0.3 is 12.5 Å². The van der Waals surface area contributed by atoms with E-state index in [4.69, 9.17) is 9.40 Å². The molecule has 1 aliphatic carbocycles. The normalized spacial score (nSPS) is 17.3. The van der Waals surface area contributed by atoms with E-state index in [0.717, 1.165) is 18.8 Å². The minimum absolute atomic E-state index is 0.00538. The van der Waals surface area contributed by atoms with Gasteiger partial charge in [0.25, 0.3) is 5.89 Å². The van der Waals surface area contributed by atoms with Gasteiger partial charge in [-0.3, -0.25) is 9.80 Å².